The summed E-state index contributed by atoms with van der Waals surface area (Å²) in [5.41, 5.74) is -0.203. The minimum Gasteiger partial charge on any atom is -0.282 e. The molecule has 0 aromatic heterocycles. The van der Waals surface area contributed by atoms with Crippen molar-refractivity contribution in [1.29, 1.82) is 5.39 Å². The predicted molar refractivity (Wildman–Crippen MR) is 48.7 cm³/mol. The van der Waals surface area contributed by atoms with Crippen LogP contribution in [0, 0.1) is 5.39 Å². The molecular weight excluding hydrogens is 260 g/mol. The number of nitrogens with zero attached hydrogens (tertiary/aromatic N) is 2. The third-order valence-electron chi connectivity index (χ3n) is 1.31. The van der Waals surface area contributed by atoms with E-state index >= 15 is 0 Å². The average molecular weight is 264 g/mol. The maximum atomic E-state index is 10.7. The zero-order chi connectivity index (χ0) is 10.1. The van der Waals surface area contributed by atoms with Crippen molar-refractivity contribution in [2.75, 3.05) is 0 Å². The van der Waals surface area contributed by atoms with Crippen molar-refractivity contribution < 1.29 is 13.0 Å². The number of benzene rings is 1. The Morgan fingerprint density at radius 3 is 2.54 bits per heavy atom. The van der Waals surface area contributed by atoms with E-state index in [-0.39, 0.29) is 5.69 Å². The van der Waals surface area contributed by atoms with Crippen LogP contribution in [0.4, 0.5) is 5.69 Å². The van der Waals surface area contributed by atoms with E-state index < -0.39 is 15.0 Å². The molecule has 0 aliphatic heterocycles. The molecule has 0 unspecified atom stereocenters. The van der Waals surface area contributed by atoms with Gasteiger partial charge in [0.05, 0.1) is 0 Å². The first-order chi connectivity index (χ1) is 5.95. The van der Waals surface area contributed by atoms with Gasteiger partial charge in [0.25, 0.3) is 0 Å². The summed E-state index contributed by atoms with van der Waals surface area (Å²) in [4.78, 5) is 2.28. The largest absolute Gasteiger partial charge is 0.406 e. The molecule has 0 bridgehead atoms. The normalized spacial score (nSPS) is 10.8. The van der Waals surface area contributed by atoms with Crippen LogP contribution < -0.4 is 0 Å². The molecule has 0 aliphatic rings. The van der Waals surface area contributed by atoms with Gasteiger partial charge in [-0.25, -0.2) is 0 Å². The lowest BCUT2D eigenvalue weighted by atomic mass is 10.3. The van der Waals surface area contributed by atoms with Gasteiger partial charge in [-0.05, 0) is 12.1 Å². The lowest BCUT2D eigenvalue weighted by molar-refractivity contribution is 0.483. The fourth-order valence-corrected chi connectivity index (χ4v) is 1.94. The Morgan fingerprint density at radius 1 is 1.46 bits per heavy atom. The molecule has 0 radical (unpaired) electrons. The molecule has 0 atom stereocenters. The summed E-state index contributed by atoms with van der Waals surface area (Å²) in [6.45, 7) is 0. The van der Waals surface area contributed by atoms with Gasteiger partial charge in [-0.1, -0.05) is 15.9 Å². The number of diazo groups is 1. The zero-order valence-corrected chi connectivity index (χ0v) is 8.58. The summed E-state index contributed by atoms with van der Waals surface area (Å²) in [6, 6.07) is 3.89. The highest BCUT2D eigenvalue weighted by Crippen LogP contribution is 2.27. The minimum absolute atomic E-state index is 0.203. The highest BCUT2D eigenvalue weighted by atomic mass is 79.9. The first-order valence-electron chi connectivity index (χ1n) is 3.07. The van der Waals surface area contributed by atoms with Gasteiger partial charge >= 0.3 is 15.8 Å². The van der Waals surface area contributed by atoms with Gasteiger partial charge < -0.3 is 0 Å². The van der Waals surface area contributed by atoms with Crippen LogP contribution in [-0.2, 0) is 10.1 Å². The number of hydrogen-bond donors (Lipinski definition) is 1. The molecule has 0 saturated carbocycles. The zero-order valence-electron chi connectivity index (χ0n) is 6.18. The van der Waals surface area contributed by atoms with E-state index in [4.69, 9.17) is 9.95 Å². The van der Waals surface area contributed by atoms with Crippen molar-refractivity contribution in [3.8, 4) is 0 Å². The van der Waals surface area contributed by atoms with Crippen LogP contribution in [0.15, 0.2) is 27.6 Å². The quantitative estimate of drug-likeness (QED) is 0.622. The Hall–Kier alpha value is -0.970. The lowest BCUT2D eigenvalue weighted by Crippen LogP contribution is -1.97. The maximum Gasteiger partial charge on any atom is 0.406 e. The van der Waals surface area contributed by atoms with Gasteiger partial charge in [0, 0.05) is 10.5 Å². The minimum atomic E-state index is -4.35. The molecule has 0 aliphatic carbocycles. The standard InChI is InChI=1S/C6H3BrN2O3S/c7-4-1-2-5(9-8)6(3-4)13(10,11)12/h1-3H/p+1. The van der Waals surface area contributed by atoms with E-state index in [1.54, 1.807) is 0 Å². The fraction of sp³-hybridized carbons (Fsp3) is 0. The van der Waals surface area contributed by atoms with Crippen LogP contribution in [0.25, 0.3) is 4.98 Å². The van der Waals surface area contributed by atoms with Crippen LogP contribution in [-0.4, -0.2) is 13.0 Å². The van der Waals surface area contributed by atoms with E-state index in [1.807, 2.05) is 0 Å². The monoisotopic (exact) mass is 263 g/mol. The van der Waals surface area contributed by atoms with Crippen LogP contribution >= 0.6 is 15.9 Å². The van der Waals surface area contributed by atoms with Crippen LogP contribution in [0.3, 0.4) is 0 Å². The topological polar surface area (TPSA) is 82.5 Å². The van der Waals surface area contributed by atoms with Crippen molar-refractivity contribution in [3.05, 3.63) is 27.6 Å². The van der Waals surface area contributed by atoms with E-state index in [2.05, 4.69) is 20.9 Å². The van der Waals surface area contributed by atoms with Crippen LogP contribution in [0.1, 0.15) is 0 Å². The summed E-state index contributed by atoms with van der Waals surface area (Å²) in [7, 11) is -4.35. The lowest BCUT2D eigenvalue weighted by Gasteiger charge is -1.93. The Labute approximate surface area is 82.9 Å². The van der Waals surface area contributed by atoms with Gasteiger partial charge in [0.1, 0.15) is 0 Å². The summed E-state index contributed by atoms with van der Waals surface area (Å²) >= 11 is 3.02. The third-order valence-corrected chi connectivity index (χ3v) is 2.68. The highest BCUT2D eigenvalue weighted by molar-refractivity contribution is 9.10. The molecule has 1 N–H and O–H groups in total. The molecule has 13 heavy (non-hydrogen) atoms. The van der Waals surface area contributed by atoms with E-state index in [1.165, 1.54) is 12.1 Å². The van der Waals surface area contributed by atoms with Crippen molar-refractivity contribution in [1.82, 2.24) is 0 Å². The van der Waals surface area contributed by atoms with Gasteiger partial charge in [0.2, 0.25) is 5.39 Å². The number of halogens is 1. The Morgan fingerprint density at radius 2 is 2.08 bits per heavy atom. The van der Waals surface area contributed by atoms with Crippen LogP contribution in [0.5, 0.6) is 0 Å². The number of rotatable bonds is 1. The van der Waals surface area contributed by atoms with E-state index in [9.17, 15) is 8.42 Å². The summed E-state index contributed by atoms with van der Waals surface area (Å²) in [5, 5.41) is 8.41. The van der Waals surface area contributed by atoms with Crippen LogP contribution in [0.2, 0.25) is 0 Å². The molecule has 0 heterocycles. The molecule has 0 saturated heterocycles. The molecule has 1 rings (SSSR count). The Kier molecular flexibility index (Phi) is 2.66. The smallest absolute Gasteiger partial charge is 0.282 e. The van der Waals surface area contributed by atoms with E-state index in [0.717, 1.165) is 6.07 Å². The molecule has 7 heteroatoms. The van der Waals surface area contributed by atoms with Gasteiger partial charge in [-0.3, -0.25) is 4.55 Å². The van der Waals surface area contributed by atoms with Crippen molar-refractivity contribution in [3.63, 3.8) is 0 Å². The van der Waals surface area contributed by atoms with Crippen molar-refractivity contribution in [2.45, 2.75) is 4.90 Å². The molecule has 0 amide bonds. The molecule has 5 nitrogen and oxygen atoms in total. The summed E-state index contributed by atoms with van der Waals surface area (Å²) in [6.07, 6.45) is 0. The predicted octanol–water partition coefficient (Wildman–Crippen LogP) is 2.18. The van der Waals surface area contributed by atoms with Crippen molar-refractivity contribution >= 4 is 31.7 Å². The third kappa shape index (κ3) is 2.24. The van der Waals surface area contributed by atoms with Gasteiger partial charge in [-0.2, -0.15) is 8.42 Å². The number of hydrogen-bond acceptors (Lipinski definition) is 3. The fourth-order valence-electron chi connectivity index (χ4n) is 0.777. The Bertz CT molecular complexity index is 477. The molecule has 0 fully saturated rings. The van der Waals surface area contributed by atoms with Gasteiger partial charge in [-0.15, -0.1) is 0 Å². The second kappa shape index (κ2) is 3.41. The first-order valence-corrected chi connectivity index (χ1v) is 5.30. The molecular formula is C6H4BrN2O3S+. The second-order valence-corrected chi connectivity index (χ2v) is 4.49. The molecule has 1 aromatic carbocycles. The van der Waals surface area contributed by atoms with Gasteiger partial charge in [0.15, 0.2) is 9.87 Å². The average Bonchev–Trinajstić information content (AvgIpc) is 2.03. The maximum absolute atomic E-state index is 10.7. The summed E-state index contributed by atoms with van der Waals surface area (Å²) < 4.78 is 30.6. The SMILES string of the molecule is N#[N+]c1ccc(Br)cc1S(=O)(=O)O. The second-order valence-electron chi connectivity index (χ2n) is 2.19. The highest BCUT2D eigenvalue weighted by Gasteiger charge is 2.24. The first kappa shape index (κ1) is 10.1. The molecule has 68 valence electrons. The summed E-state index contributed by atoms with van der Waals surface area (Å²) in [5.74, 6) is 0. The van der Waals surface area contributed by atoms with E-state index in [0.29, 0.717) is 4.47 Å². The molecule has 1 aromatic rings. The molecule has 0 spiro atoms. The Balaban J connectivity index is 3.53. The van der Waals surface area contributed by atoms with Crippen molar-refractivity contribution in [2.24, 2.45) is 0 Å².